The number of rotatable bonds is 5. The van der Waals surface area contributed by atoms with Gasteiger partial charge in [-0.3, -0.25) is 4.79 Å². The highest BCUT2D eigenvalue weighted by atomic mass is 32.2. The number of hydrogen-bond acceptors (Lipinski definition) is 4. The van der Waals surface area contributed by atoms with Crippen LogP contribution in [0.5, 0.6) is 0 Å². The lowest BCUT2D eigenvalue weighted by atomic mass is 10.2. The van der Waals surface area contributed by atoms with Gasteiger partial charge in [0.2, 0.25) is 15.9 Å². The third kappa shape index (κ3) is 4.59. The van der Waals surface area contributed by atoms with Gasteiger partial charge in [-0.05, 0) is 36.8 Å². The molecule has 0 spiro atoms. The molecule has 116 valence electrons. The van der Waals surface area contributed by atoms with Crippen molar-refractivity contribution in [3.63, 3.8) is 0 Å². The molecule has 2 aromatic carbocycles. The molecule has 7 heteroatoms. The van der Waals surface area contributed by atoms with Crippen molar-refractivity contribution in [2.45, 2.75) is 16.7 Å². The van der Waals surface area contributed by atoms with Crippen molar-refractivity contribution < 1.29 is 13.2 Å². The fraction of sp³-hybridized carbons (Fsp3) is 0.133. The zero-order chi connectivity index (χ0) is 16.2. The van der Waals surface area contributed by atoms with E-state index in [1.165, 1.54) is 30.0 Å². The fourth-order valence-corrected chi connectivity index (χ4v) is 3.20. The minimum absolute atomic E-state index is 0.0307. The molecule has 0 heterocycles. The van der Waals surface area contributed by atoms with Gasteiger partial charge in [-0.2, -0.15) is 0 Å². The van der Waals surface area contributed by atoms with Gasteiger partial charge >= 0.3 is 0 Å². The van der Waals surface area contributed by atoms with Crippen molar-refractivity contribution in [3.05, 3.63) is 54.1 Å². The molecule has 1 amide bonds. The Morgan fingerprint density at radius 1 is 1.18 bits per heavy atom. The third-order valence-corrected chi connectivity index (χ3v) is 4.99. The molecule has 5 nitrogen and oxygen atoms in total. The summed E-state index contributed by atoms with van der Waals surface area (Å²) in [4.78, 5) is 13.0. The van der Waals surface area contributed by atoms with Gasteiger partial charge in [0, 0.05) is 10.6 Å². The van der Waals surface area contributed by atoms with E-state index in [-0.39, 0.29) is 16.6 Å². The first kappa shape index (κ1) is 16.5. The van der Waals surface area contributed by atoms with Crippen molar-refractivity contribution in [1.82, 2.24) is 0 Å². The summed E-state index contributed by atoms with van der Waals surface area (Å²) in [6.45, 7) is 1.98. The van der Waals surface area contributed by atoms with Crippen LogP contribution in [0.15, 0.2) is 58.3 Å². The maximum Gasteiger partial charge on any atom is 0.238 e. The summed E-state index contributed by atoms with van der Waals surface area (Å²) < 4.78 is 22.6. The molecule has 0 saturated heterocycles. The highest BCUT2D eigenvalue weighted by molar-refractivity contribution is 8.00. The highest BCUT2D eigenvalue weighted by Gasteiger charge is 2.10. The zero-order valence-corrected chi connectivity index (χ0v) is 13.6. The van der Waals surface area contributed by atoms with Crippen molar-refractivity contribution in [2.24, 2.45) is 5.14 Å². The zero-order valence-electron chi connectivity index (χ0n) is 11.9. The number of primary sulfonamides is 1. The van der Waals surface area contributed by atoms with Crippen LogP contribution < -0.4 is 10.5 Å². The lowest BCUT2D eigenvalue weighted by Crippen LogP contribution is -2.16. The molecule has 2 rings (SSSR count). The Morgan fingerprint density at radius 3 is 2.59 bits per heavy atom. The molecule has 0 fully saturated rings. The van der Waals surface area contributed by atoms with E-state index >= 15 is 0 Å². The number of hydrogen-bond donors (Lipinski definition) is 2. The number of carbonyl (C=O) groups excluding carboxylic acids is 1. The number of anilines is 1. The second-order valence-corrected chi connectivity index (χ2v) is 7.25. The summed E-state index contributed by atoms with van der Waals surface area (Å²) in [6, 6.07) is 13.7. The van der Waals surface area contributed by atoms with E-state index in [0.717, 1.165) is 10.5 Å². The fourth-order valence-electron chi connectivity index (χ4n) is 1.81. The minimum atomic E-state index is -3.78. The normalized spacial score (nSPS) is 11.2. The molecule has 0 radical (unpaired) electrons. The first-order valence-electron chi connectivity index (χ1n) is 6.47. The molecular formula is C15H16N2O3S2. The number of nitrogens with two attached hydrogens (primary N) is 1. The molecule has 0 bridgehead atoms. The van der Waals surface area contributed by atoms with E-state index in [4.69, 9.17) is 5.14 Å². The number of amides is 1. The average Bonchev–Trinajstić information content (AvgIpc) is 2.46. The van der Waals surface area contributed by atoms with Gasteiger partial charge in [-0.15, -0.1) is 11.8 Å². The average molecular weight is 336 g/mol. The Morgan fingerprint density at radius 2 is 1.91 bits per heavy atom. The second kappa shape index (κ2) is 6.95. The topological polar surface area (TPSA) is 89.3 Å². The molecule has 2 aromatic rings. The van der Waals surface area contributed by atoms with Crippen LogP contribution in [0.2, 0.25) is 0 Å². The molecule has 0 atom stereocenters. The largest absolute Gasteiger partial charge is 0.325 e. The summed E-state index contributed by atoms with van der Waals surface area (Å²) >= 11 is 1.43. The highest BCUT2D eigenvalue weighted by Crippen LogP contribution is 2.22. The molecule has 0 aromatic heterocycles. The van der Waals surface area contributed by atoms with Crippen LogP contribution in [0.25, 0.3) is 0 Å². The summed E-state index contributed by atoms with van der Waals surface area (Å²) in [5.41, 5.74) is 1.51. The maximum atomic E-state index is 11.9. The Labute approximate surface area is 134 Å². The summed E-state index contributed by atoms with van der Waals surface area (Å²) in [5.74, 6) is 0.0320. The lowest BCUT2D eigenvalue weighted by Gasteiger charge is -2.08. The van der Waals surface area contributed by atoms with Crippen molar-refractivity contribution in [3.8, 4) is 0 Å². The van der Waals surface area contributed by atoms with E-state index in [0.29, 0.717) is 5.69 Å². The standard InChI is InChI=1S/C15H16N2O3S2/c1-11-5-2-3-8-14(11)21-10-15(18)17-12-6-4-7-13(9-12)22(16,19)20/h2-9H,10H2,1H3,(H,17,18)(H2,16,19,20). The van der Waals surface area contributed by atoms with Gasteiger partial charge in [0.1, 0.15) is 0 Å². The van der Waals surface area contributed by atoms with E-state index < -0.39 is 10.0 Å². The smallest absolute Gasteiger partial charge is 0.238 e. The molecular weight excluding hydrogens is 320 g/mol. The monoisotopic (exact) mass is 336 g/mol. The Balaban J connectivity index is 2.00. The summed E-state index contributed by atoms with van der Waals surface area (Å²) in [7, 11) is -3.78. The molecule has 0 saturated carbocycles. The van der Waals surface area contributed by atoms with E-state index in [9.17, 15) is 13.2 Å². The number of thioether (sulfide) groups is 1. The van der Waals surface area contributed by atoms with E-state index in [1.54, 1.807) is 6.07 Å². The Kier molecular flexibility index (Phi) is 5.23. The number of aryl methyl sites for hydroxylation is 1. The van der Waals surface area contributed by atoms with Crippen LogP contribution in [0.1, 0.15) is 5.56 Å². The molecule has 0 unspecified atom stereocenters. The lowest BCUT2D eigenvalue weighted by molar-refractivity contribution is -0.113. The first-order valence-corrected chi connectivity index (χ1v) is 9.00. The summed E-state index contributed by atoms with van der Waals surface area (Å²) in [6.07, 6.45) is 0. The van der Waals surface area contributed by atoms with Gasteiger partial charge < -0.3 is 5.32 Å². The number of benzene rings is 2. The van der Waals surface area contributed by atoms with E-state index in [1.807, 2.05) is 31.2 Å². The third-order valence-electron chi connectivity index (χ3n) is 2.90. The molecule has 0 aliphatic heterocycles. The van der Waals surface area contributed by atoms with Crippen LogP contribution in [0.4, 0.5) is 5.69 Å². The van der Waals surface area contributed by atoms with Crippen molar-refractivity contribution in [1.29, 1.82) is 0 Å². The maximum absolute atomic E-state index is 11.9. The van der Waals surface area contributed by atoms with Gasteiger partial charge in [-0.25, -0.2) is 13.6 Å². The molecule has 3 N–H and O–H groups in total. The SMILES string of the molecule is Cc1ccccc1SCC(=O)Nc1cccc(S(N)(=O)=O)c1. The van der Waals surface area contributed by atoms with Gasteiger partial charge in [0.05, 0.1) is 10.6 Å². The predicted molar refractivity (Wildman–Crippen MR) is 88.3 cm³/mol. The van der Waals surface area contributed by atoms with Crippen molar-refractivity contribution in [2.75, 3.05) is 11.1 Å². The minimum Gasteiger partial charge on any atom is -0.325 e. The van der Waals surface area contributed by atoms with Gasteiger partial charge in [0.15, 0.2) is 0 Å². The second-order valence-electron chi connectivity index (χ2n) is 4.68. The van der Waals surface area contributed by atoms with Crippen LogP contribution >= 0.6 is 11.8 Å². The van der Waals surface area contributed by atoms with Gasteiger partial charge in [0.25, 0.3) is 0 Å². The molecule has 22 heavy (non-hydrogen) atoms. The van der Waals surface area contributed by atoms with Crippen LogP contribution in [0, 0.1) is 6.92 Å². The Hall–Kier alpha value is -1.83. The van der Waals surface area contributed by atoms with E-state index in [2.05, 4.69) is 5.32 Å². The van der Waals surface area contributed by atoms with Crippen LogP contribution in [-0.4, -0.2) is 20.1 Å². The van der Waals surface area contributed by atoms with Gasteiger partial charge in [-0.1, -0.05) is 24.3 Å². The predicted octanol–water partition coefficient (Wildman–Crippen LogP) is 2.37. The van der Waals surface area contributed by atoms with Crippen LogP contribution in [0.3, 0.4) is 0 Å². The molecule has 0 aliphatic rings. The first-order chi connectivity index (χ1) is 10.4. The summed E-state index contributed by atoms with van der Waals surface area (Å²) in [5, 5.41) is 7.73. The molecule has 0 aliphatic carbocycles. The number of nitrogens with one attached hydrogen (secondary N) is 1. The number of sulfonamides is 1. The quantitative estimate of drug-likeness (QED) is 0.820. The number of carbonyl (C=O) groups is 1. The Bertz CT molecular complexity index is 789. The van der Waals surface area contributed by atoms with Crippen LogP contribution in [-0.2, 0) is 14.8 Å². The van der Waals surface area contributed by atoms with Crippen molar-refractivity contribution >= 4 is 33.4 Å².